The highest BCUT2D eigenvalue weighted by Gasteiger charge is 2.21. The van der Waals surface area contributed by atoms with Gasteiger partial charge in [-0.2, -0.15) is 0 Å². The summed E-state index contributed by atoms with van der Waals surface area (Å²) in [5.41, 5.74) is 7.29. The molecule has 1 unspecified atom stereocenters. The van der Waals surface area contributed by atoms with E-state index in [4.69, 9.17) is 5.73 Å². The number of benzene rings is 1. The number of aryl methyl sites for hydroxylation is 1. The third kappa shape index (κ3) is 8.44. The van der Waals surface area contributed by atoms with E-state index >= 15 is 0 Å². The smallest absolute Gasteiger partial charge is 0.231 e. The van der Waals surface area contributed by atoms with Crippen molar-refractivity contribution in [3.05, 3.63) is 35.4 Å². The summed E-state index contributed by atoms with van der Waals surface area (Å²) >= 11 is 0. The number of halogens is 1. The minimum absolute atomic E-state index is 0. The number of aliphatic hydroxyl groups is 1. The van der Waals surface area contributed by atoms with Crippen LogP contribution in [0.4, 0.5) is 0 Å². The Morgan fingerprint density at radius 1 is 1.33 bits per heavy atom. The number of carbonyl (C=O) groups excluding carboxylic acids is 1. The standard InChI is InChI=1S/C19H31N5O2.HI/c1-3-21-19(22-12-17(25)15-6-4-14(2)5-7-15)23-16-8-10-24(11-9-16)13-18(20)26;/h4-7,16-17,25H,3,8-13H2,1-2H3,(H2,20,26)(H2,21,22,23);1H. The fraction of sp³-hybridized carbons (Fsp3) is 0.579. The second-order valence-corrected chi connectivity index (χ2v) is 6.81. The largest absolute Gasteiger partial charge is 0.386 e. The van der Waals surface area contributed by atoms with Crippen molar-refractivity contribution in [3.63, 3.8) is 0 Å². The Morgan fingerprint density at radius 3 is 2.52 bits per heavy atom. The molecule has 1 aliphatic heterocycles. The Morgan fingerprint density at radius 2 is 1.96 bits per heavy atom. The number of amides is 1. The van der Waals surface area contributed by atoms with Crippen LogP contribution < -0.4 is 16.4 Å². The summed E-state index contributed by atoms with van der Waals surface area (Å²) in [6, 6.07) is 8.15. The van der Waals surface area contributed by atoms with Crippen molar-refractivity contribution in [2.24, 2.45) is 10.7 Å². The number of hydrogen-bond donors (Lipinski definition) is 4. The Bertz CT molecular complexity index is 601. The SMILES string of the molecule is CCNC(=NCC(O)c1ccc(C)cc1)NC1CCN(CC(N)=O)CC1.I. The zero-order chi connectivity index (χ0) is 18.9. The van der Waals surface area contributed by atoms with Crippen LogP contribution in [0, 0.1) is 6.92 Å². The summed E-state index contributed by atoms with van der Waals surface area (Å²) in [5, 5.41) is 17.0. The van der Waals surface area contributed by atoms with Crippen molar-refractivity contribution in [3.8, 4) is 0 Å². The quantitative estimate of drug-likeness (QED) is 0.262. The van der Waals surface area contributed by atoms with Gasteiger partial charge in [0.15, 0.2) is 5.96 Å². The van der Waals surface area contributed by atoms with Crippen molar-refractivity contribution in [2.75, 3.05) is 32.7 Å². The number of nitrogens with one attached hydrogen (secondary N) is 2. The van der Waals surface area contributed by atoms with Gasteiger partial charge in [0.05, 0.1) is 19.2 Å². The minimum atomic E-state index is -0.622. The minimum Gasteiger partial charge on any atom is -0.386 e. The van der Waals surface area contributed by atoms with E-state index in [2.05, 4.69) is 20.5 Å². The summed E-state index contributed by atoms with van der Waals surface area (Å²) < 4.78 is 0. The molecule has 1 amide bonds. The van der Waals surface area contributed by atoms with Crippen LogP contribution in [-0.2, 0) is 4.79 Å². The van der Waals surface area contributed by atoms with Gasteiger partial charge in [0, 0.05) is 25.7 Å². The first-order valence-corrected chi connectivity index (χ1v) is 9.28. The summed E-state index contributed by atoms with van der Waals surface area (Å²) in [6.07, 6.45) is 1.24. The van der Waals surface area contributed by atoms with Gasteiger partial charge in [-0.25, -0.2) is 0 Å². The van der Waals surface area contributed by atoms with Crippen molar-refractivity contribution in [2.45, 2.75) is 38.8 Å². The zero-order valence-electron chi connectivity index (χ0n) is 16.1. The number of nitrogens with zero attached hydrogens (tertiary/aromatic N) is 2. The lowest BCUT2D eigenvalue weighted by Crippen LogP contribution is -2.49. The fourth-order valence-electron chi connectivity index (χ4n) is 3.04. The molecule has 0 saturated carbocycles. The van der Waals surface area contributed by atoms with Crippen LogP contribution in [0.5, 0.6) is 0 Å². The molecule has 5 N–H and O–H groups in total. The number of aliphatic imine (C=N–C) groups is 1. The van der Waals surface area contributed by atoms with E-state index in [-0.39, 0.29) is 29.9 Å². The normalized spacial score (nSPS) is 17.1. The van der Waals surface area contributed by atoms with E-state index in [1.54, 1.807) is 0 Å². The molecule has 0 aromatic heterocycles. The van der Waals surface area contributed by atoms with Gasteiger partial charge in [-0.3, -0.25) is 14.7 Å². The number of likely N-dealkylation sites (tertiary alicyclic amines) is 1. The number of aliphatic hydroxyl groups excluding tert-OH is 1. The molecular weight excluding hydrogens is 457 g/mol. The number of piperidine rings is 1. The first-order chi connectivity index (χ1) is 12.5. The van der Waals surface area contributed by atoms with Crippen LogP contribution in [0.1, 0.15) is 37.0 Å². The summed E-state index contributed by atoms with van der Waals surface area (Å²) in [6.45, 7) is 7.10. The molecule has 0 bridgehead atoms. The van der Waals surface area contributed by atoms with Gasteiger partial charge in [0.1, 0.15) is 0 Å². The summed E-state index contributed by atoms with van der Waals surface area (Å²) in [4.78, 5) is 17.6. The Kier molecular flexibility index (Phi) is 10.6. The molecule has 8 heteroatoms. The number of carbonyl (C=O) groups is 1. The molecule has 152 valence electrons. The molecule has 2 rings (SSSR count). The molecule has 1 heterocycles. The van der Waals surface area contributed by atoms with Crippen LogP contribution in [-0.4, -0.2) is 60.6 Å². The van der Waals surface area contributed by atoms with Crippen molar-refractivity contribution < 1.29 is 9.90 Å². The number of nitrogens with two attached hydrogens (primary N) is 1. The number of guanidine groups is 1. The lowest BCUT2D eigenvalue weighted by Gasteiger charge is -2.32. The van der Waals surface area contributed by atoms with Crippen LogP contribution in [0.3, 0.4) is 0 Å². The molecule has 1 fully saturated rings. The van der Waals surface area contributed by atoms with E-state index in [0.29, 0.717) is 25.1 Å². The first kappa shape index (κ1) is 23.6. The maximum absolute atomic E-state index is 11.0. The van der Waals surface area contributed by atoms with Gasteiger partial charge in [-0.05, 0) is 32.3 Å². The molecule has 0 radical (unpaired) electrons. The molecule has 1 aliphatic rings. The summed E-state index contributed by atoms with van der Waals surface area (Å²) in [5.74, 6) is 0.434. The highest BCUT2D eigenvalue weighted by Crippen LogP contribution is 2.14. The monoisotopic (exact) mass is 489 g/mol. The van der Waals surface area contributed by atoms with Crippen molar-refractivity contribution >= 4 is 35.8 Å². The average Bonchev–Trinajstić information content (AvgIpc) is 2.61. The fourth-order valence-corrected chi connectivity index (χ4v) is 3.04. The first-order valence-electron chi connectivity index (χ1n) is 9.28. The Balaban J connectivity index is 0.00000364. The van der Waals surface area contributed by atoms with Gasteiger partial charge in [0.25, 0.3) is 0 Å². The Labute approximate surface area is 178 Å². The molecule has 1 aromatic rings. The van der Waals surface area contributed by atoms with Crippen molar-refractivity contribution in [1.29, 1.82) is 0 Å². The molecule has 7 nitrogen and oxygen atoms in total. The molecule has 1 aromatic carbocycles. The van der Waals surface area contributed by atoms with Crippen LogP contribution in [0.25, 0.3) is 0 Å². The highest BCUT2D eigenvalue weighted by molar-refractivity contribution is 14.0. The second kappa shape index (κ2) is 12.1. The number of hydrogen-bond acceptors (Lipinski definition) is 4. The predicted octanol–water partition coefficient (Wildman–Crippen LogP) is 1.15. The molecule has 1 atom stereocenters. The van der Waals surface area contributed by atoms with E-state index in [1.807, 2.05) is 38.1 Å². The van der Waals surface area contributed by atoms with E-state index in [9.17, 15) is 9.90 Å². The van der Waals surface area contributed by atoms with Gasteiger partial charge >= 0.3 is 0 Å². The highest BCUT2D eigenvalue weighted by atomic mass is 127. The maximum Gasteiger partial charge on any atom is 0.231 e. The molecule has 27 heavy (non-hydrogen) atoms. The summed E-state index contributed by atoms with van der Waals surface area (Å²) in [7, 11) is 0. The van der Waals surface area contributed by atoms with Crippen LogP contribution in [0.15, 0.2) is 29.3 Å². The molecule has 1 saturated heterocycles. The second-order valence-electron chi connectivity index (χ2n) is 6.81. The van der Waals surface area contributed by atoms with E-state index < -0.39 is 6.10 Å². The molecule has 0 spiro atoms. The third-order valence-electron chi connectivity index (χ3n) is 4.54. The molecular formula is C19H32IN5O2. The molecule has 0 aliphatic carbocycles. The van der Waals surface area contributed by atoms with Crippen molar-refractivity contribution in [1.82, 2.24) is 15.5 Å². The van der Waals surface area contributed by atoms with Gasteiger partial charge < -0.3 is 21.5 Å². The lowest BCUT2D eigenvalue weighted by atomic mass is 10.1. The van der Waals surface area contributed by atoms with E-state index in [1.165, 1.54) is 5.56 Å². The van der Waals surface area contributed by atoms with E-state index in [0.717, 1.165) is 38.0 Å². The van der Waals surface area contributed by atoms with Gasteiger partial charge in [0.2, 0.25) is 5.91 Å². The van der Waals surface area contributed by atoms with Gasteiger partial charge in [-0.15, -0.1) is 24.0 Å². The zero-order valence-corrected chi connectivity index (χ0v) is 18.5. The number of rotatable bonds is 7. The average molecular weight is 489 g/mol. The third-order valence-corrected chi connectivity index (χ3v) is 4.54. The maximum atomic E-state index is 11.0. The topological polar surface area (TPSA) is 103 Å². The van der Waals surface area contributed by atoms with Crippen LogP contribution in [0.2, 0.25) is 0 Å². The lowest BCUT2D eigenvalue weighted by molar-refractivity contribution is -0.119. The Hall–Kier alpha value is -1.39. The van der Waals surface area contributed by atoms with Gasteiger partial charge in [-0.1, -0.05) is 29.8 Å². The number of primary amides is 1. The predicted molar refractivity (Wildman–Crippen MR) is 119 cm³/mol. The van der Waals surface area contributed by atoms with Crippen LogP contribution >= 0.6 is 24.0 Å².